The Balaban J connectivity index is 2.97. The van der Waals surface area contributed by atoms with Gasteiger partial charge in [-0.2, -0.15) is 0 Å². The van der Waals surface area contributed by atoms with Crippen LogP contribution in [0, 0.1) is 0 Å². The Labute approximate surface area is 112 Å². The lowest BCUT2D eigenvalue weighted by Gasteiger charge is -2.12. The summed E-state index contributed by atoms with van der Waals surface area (Å²) in [6, 6.07) is 4.36. The van der Waals surface area contributed by atoms with E-state index in [9.17, 15) is 8.42 Å². The van der Waals surface area contributed by atoms with E-state index in [4.69, 9.17) is 21.4 Å². The van der Waals surface area contributed by atoms with Gasteiger partial charge >= 0.3 is 0 Å². The van der Waals surface area contributed by atoms with Gasteiger partial charge in [0.2, 0.25) is 10.0 Å². The third-order valence-electron chi connectivity index (χ3n) is 2.43. The van der Waals surface area contributed by atoms with Gasteiger partial charge in [-0.15, -0.1) is 0 Å². The highest BCUT2D eigenvalue weighted by Crippen LogP contribution is 2.22. The van der Waals surface area contributed by atoms with E-state index in [-0.39, 0.29) is 29.2 Å². The first-order valence-corrected chi connectivity index (χ1v) is 7.18. The molecule has 0 radical (unpaired) electrons. The minimum absolute atomic E-state index is 0.0426. The first-order valence-electron chi connectivity index (χ1n) is 5.32. The van der Waals surface area contributed by atoms with Crippen molar-refractivity contribution < 1.29 is 18.3 Å². The lowest BCUT2D eigenvalue weighted by atomic mass is 10.2. The fraction of sp³-hybridized carbons (Fsp3) is 0.455. The molecule has 0 aliphatic carbocycles. The van der Waals surface area contributed by atoms with Gasteiger partial charge < -0.3 is 9.84 Å². The quantitative estimate of drug-likeness (QED) is 0.825. The highest BCUT2D eigenvalue weighted by molar-refractivity contribution is 7.89. The van der Waals surface area contributed by atoms with Crippen molar-refractivity contribution in [1.29, 1.82) is 0 Å². The summed E-state index contributed by atoms with van der Waals surface area (Å²) in [5.41, 5.74) is 0.486. The molecule has 2 N–H and O–H groups in total. The number of rotatable bonds is 6. The van der Waals surface area contributed by atoms with Gasteiger partial charge in [0, 0.05) is 13.7 Å². The number of aliphatic hydroxyl groups excluding tert-OH is 1. The fourth-order valence-electron chi connectivity index (χ4n) is 1.24. The van der Waals surface area contributed by atoms with Crippen LogP contribution in [0.5, 0.6) is 0 Å². The van der Waals surface area contributed by atoms with Gasteiger partial charge in [0.25, 0.3) is 0 Å². The van der Waals surface area contributed by atoms with Crippen LogP contribution in [0.4, 0.5) is 0 Å². The minimum atomic E-state index is -3.70. The zero-order valence-electron chi connectivity index (χ0n) is 10.2. The number of hydrogen-bond donors (Lipinski definition) is 2. The second-order valence-electron chi connectivity index (χ2n) is 3.82. The molecule has 1 atom stereocenters. The third-order valence-corrected chi connectivity index (χ3v) is 4.34. The van der Waals surface area contributed by atoms with Crippen molar-refractivity contribution in [2.24, 2.45) is 0 Å². The van der Waals surface area contributed by atoms with Crippen molar-refractivity contribution in [1.82, 2.24) is 4.72 Å². The summed E-state index contributed by atoms with van der Waals surface area (Å²) in [6.07, 6.45) is -0.237. The van der Waals surface area contributed by atoms with E-state index in [0.717, 1.165) is 0 Å². The molecule has 1 aromatic rings. The number of nitrogens with one attached hydrogen (secondary N) is 1. The van der Waals surface area contributed by atoms with E-state index < -0.39 is 10.0 Å². The summed E-state index contributed by atoms with van der Waals surface area (Å²) in [6.45, 7) is 1.65. The molecule has 0 aliphatic heterocycles. The van der Waals surface area contributed by atoms with E-state index in [1.807, 2.05) is 0 Å². The van der Waals surface area contributed by atoms with E-state index in [0.29, 0.717) is 5.56 Å². The van der Waals surface area contributed by atoms with Gasteiger partial charge in [0.05, 0.1) is 17.7 Å². The van der Waals surface area contributed by atoms with Crippen molar-refractivity contribution in [3.05, 3.63) is 28.8 Å². The number of aliphatic hydroxyl groups is 1. The Morgan fingerprint density at radius 3 is 2.72 bits per heavy atom. The van der Waals surface area contributed by atoms with Crippen molar-refractivity contribution in [2.45, 2.75) is 24.5 Å². The molecule has 0 heterocycles. The largest absolute Gasteiger partial charge is 0.392 e. The molecular weight excluding hydrogens is 278 g/mol. The number of hydrogen-bond acceptors (Lipinski definition) is 4. The van der Waals surface area contributed by atoms with Gasteiger partial charge in [0.15, 0.2) is 0 Å². The molecule has 1 aromatic carbocycles. The van der Waals surface area contributed by atoms with E-state index in [1.54, 1.807) is 13.0 Å². The Hall–Kier alpha value is -0.660. The van der Waals surface area contributed by atoms with Crippen LogP contribution < -0.4 is 4.72 Å². The number of halogens is 1. The smallest absolute Gasteiger partial charge is 0.242 e. The Morgan fingerprint density at radius 1 is 1.50 bits per heavy atom. The lowest BCUT2D eigenvalue weighted by molar-refractivity contribution is 0.122. The molecule has 1 unspecified atom stereocenters. The molecule has 0 amide bonds. The standard InChI is InChI=1S/C11H16ClNO4S/c1-8(17-2)6-13-18(15,16)11-5-9(7-14)3-4-10(11)12/h3-5,8,13-14H,6-7H2,1-2H3. The summed E-state index contributed by atoms with van der Waals surface area (Å²) >= 11 is 5.85. The predicted octanol–water partition coefficient (Wildman–Crippen LogP) is 1.15. The topological polar surface area (TPSA) is 75.6 Å². The number of benzene rings is 1. The molecule has 0 fully saturated rings. The highest BCUT2D eigenvalue weighted by atomic mass is 35.5. The highest BCUT2D eigenvalue weighted by Gasteiger charge is 2.19. The summed E-state index contributed by atoms with van der Waals surface area (Å²) in [4.78, 5) is -0.0426. The van der Waals surface area contributed by atoms with Crippen LogP contribution in [0.25, 0.3) is 0 Å². The Morgan fingerprint density at radius 2 is 2.17 bits per heavy atom. The predicted molar refractivity (Wildman–Crippen MR) is 69.0 cm³/mol. The summed E-state index contributed by atoms with van der Waals surface area (Å²) in [5, 5.41) is 9.11. The number of methoxy groups -OCH3 is 1. The molecule has 7 heteroatoms. The molecular formula is C11H16ClNO4S. The van der Waals surface area contributed by atoms with Gasteiger partial charge in [-0.1, -0.05) is 17.7 Å². The average molecular weight is 294 g/mol. The molecule has 0 saturated heterocycles. The SMILES string of the molecule is COC(C)CNS(=O)(=O)c1cc(CO)ccc1Cl. The summed E-state index contributed by atoms with van der Waals surface area (Å²) < 4.78 is 31.4. The summed E-state index contributed by atoms with van der Waals surface area (Å²) in [5.74, 6) is 0. The average Bonchev–Trinajstić information content (AvgIpc) is 2.36. The van der Waals surface area contributed by atoms with Gasteiger partial charge in [-0.25, -0.2) is 13.1 Å². The molecule has 18 heavy (non-hydrogen) atoms. The van der Waals surface area contributed by atoms with E-state index in [2.05, 4.69) is 4.72 Å². The van der Waals surface area contributed by atoms with Crippen LogP contribution in [0.15, 0.2) is 23.1 Å². The Kier molecular flexibility index (Phi) is 5.55. The molecule has 1 rings (SSSR count). The second kappa shape index (κ2) is 6.49. The lowest BCUT2D eigenvalue weighted by Crippen LogP contribution is -2.31. The molecule has 0 bridgehead atoms. The van der Waals surface area contributed by atoms with Gasteiger partial charge in [-0.05, 0) is 24.6 Å². The zero-order chi connectivity index (χ0) is 13.8. The van der Waals surface area contributed by atoms with Crippen LogP contribution in [0.1, 0.15) is 12.5 Å². The van der Waals surface area contributed by atoms with E-state index in [1.165, 1.54) is 19.2 Å². The van der Waals surface area contributed by atoms with Crippen molar-refractivity contribution in [3.8, 4) is 0 Å². The molecule has 0 aromatic heterocycles. The maximum atomic E-state index is 12.0. The maximum absolute atomic E-state index is 12.0. The number of sulfonamides is 1. The van der Waals surface area contributed by atoms with Crippen molar-refractivity contribution >= 4 is 21.6 Å². The van der Waals surface area contributed by atoms with Crippen LogP contribution in [-0.4, -0.2) is 33.3 Å². The maximum Gasteiger partial charge on any atom is 0.242 e. The van der Waals surface area contributed by atoms with Gasteiger partial charge in [0.1, 0.15) is 4.90 Å². The minimum Gasteiger partial charge on any atom is -0.392 e. The van der Waals surface area contributed by atoms with Crippen LogP contribution in [0.3, 0.4) is 0 Å². The Bertz CT molecular complexity index is 504. The first-order chi connectivity index (χ1) is 8.40. The molecule has 102 valence electrons. The van der Waals surface area contributed by atoms with Crippen molar-refractivity contribution in [3.63, 3.8) is 0 Å². The van der Waals surface area contributed by atoms with Crippen LogP contribution in [0.2, 0.25) is 5.02 Å². The third kappa shape index (κ3) is 3.93. The fourth-order valence-corrected chi connectivity index (χ4v) is 2.90. The molecule has 0 aliphatic rings. The van der Waals surface area contributed by atoms with Crippen LogP contribution >= 0.6 is 11.6 Å². The zero-order valence-corrected chi connectivity index (χ0v) is 11.8. The molecule has 0 spiro atoms. The monoisotopic (exact) mass is 293 g/mol. The van der Waals surface area contributed by atoms with E-state index >= 15 is 0 Å². The second-order valence-corrected chi connectivity index (χ2v) is 5.96. The molecule has 0 saturated carbocycles. The normalized spacial score (nSPS) is 13.6. The first kappa shape index (κ1) is 15.4. The van der Waals surface area contributed by atoms with Crippen LogP contribution in [-0.2, 0) is 21.4 Å². The van der Waals surface area contributed by atoms with Crippen molar-refractivity contribution in [2.75, 3.05) is 13.7 Å². The molecule has 5 nitrogen and oxygen atoms in total. The number of ether oxygens (including phenoxy) is 1. The van der Waals surface area contributed by atoms with Gasteiger partial charge in [-0.3, -0.25) is 0 Å². The summed E-state index contributed by atoms with van der Waals surface area (Å²) in [7, 11) is -2.20.